The van der Waals surface area contributed by atoms with Crippen molar-refractivity contribution in [1.29, 1.82) is 0 Å². The maximum absolute atomic E-state index is 12.8. The first kappa shape index (κ1) is 15.3. The lowest BCUT2D eigenvalue weighted by Gasteiger charge is -2.07. The predicted molar refractivity (Wildman–Crippen MR) is 67.3 cm³/mol. The number of hydrogen-bond donors (Lipinski definition) is 1. The monoisotopic (exact) mass is 321 g/mol. The van der Waals surface area contributed by atoms with Crippen LogP contribution in [0.3, 0.4) is 0 Å². The first-order valence-electron chi connectivity index (χ1n) is 5.61. The summed E-state index contributed by atoms with van der Waals surface area (Å²) in [6.45, 7) is -0.427. The molecule has 0 saturated heterocycles. The third-order valence-electron chi connectivity index (χ3n) is 2.44. The van der Waals surface area contributed by atoms with Crippen molar-refractivity contribution in [1.82, 2.24) is 9.78 Å². The zero-order chi connectivity index (χ0) is 15.6. The van der Waals surface area contributed by atoms with Gasteiger partial charge in [-0.25, -0.2) is 4.39 Å². The van der Waals surface area contributed by atoms with Gasteiger partial charge in [-0.3, -0.25) is 9.48 Å². The summed E-state index contributed by atoms with van der Waals surface area (Å²) < 4.78 is 50.7. The van der Waals surface area contributed by atoms with E-state index in [0.717, 1.165) is 29.1 Å². The molecule has 0 atom stereocenters. The molecule has 0 fully saturated rings. The number of rotatable bonds is 3. The molecule has 4 nitrogen and oxygen atoms in total. The molecule has 0 spiro atoms. The number of benzene rings is 1. The molecule has 1 heterocycles. The summed E-state index contributed by atoms with van der Waals surface area (Å²) in [6, 6.07) is 4.11. The number of aromatic nitrogens is 2. The van der Waals surface area contributed by atoms with Crippen molar-refractivity contribution in [2.45, 2.75) is 12.7 Å². The third-order valence-corrected chi connectivity index (χ3v) is 2.75. The van der Waals surface area contributed by atoms with Gasteiger partial charge in [-0.15, -0.1) is 0 Å². The van der Waals surface area contributed by atoms with Crippen molar-refractivity contribution in [2.24, 2.45) is 0 Å². The molecule has 1 aromatic heterocycles. The van der Waals surface area contributed by atoms with Gasteiger partial charge in [0.05, 0.1) is 10.7 Å². The van der Waals surface area contributed by atoms with Crippen LogP contribution in [0.2, 0.25) is 5.02 Å². The minimum absolute atomic E-state index is 0.0141. The van der Waals surface area contributed by atoms with Gasteiger partial charge in [-0.2, -0.15) is 18.3 Å². The van der Waals surface area contributed by atoms with Crippen LogP contribution < -0.4 is 5.32 Å². The normalized spacial score (nSPS) is 11.5. The van der Waals surface area contributed by atoms with Crippen molar-refractivity contribution < 1.29 is 22.4 Å². The lowest BCUT2D eigenvalue weighted by atomic mass is 10.3. The zero-order valence-corrected chi connectivity index (χ0v) is 11.0. The number of hydrogen-bond acceptors (Lipinski definition) is 2. The van der Waals surface area contributed by atoms with Crippen molar-refractivity contribution in [3.8, 4) is 0 Å². The number of nitrogens with one attached hydrogen (secondary N) is 1. The average molecular weight is 322 g/mol. The van der Waals surface area contributed by atoms with E-state index in [9.17, 15) is 22.4 Å². The topological polar surface area (TPSA) is 46.9 Å². The Kier molecular flexibility index (Phi) is 4.17. The van der Waals surface area contributed by atoms with E-state index in [1.807, 2.05) is 0 Å². The molecule has 0 bridgehead atoms. The van der Waals surface area contributed by atoms with Crippen LogP contribution in [0.4, 0.5) is 23.2 Å². The second-order valence-corrected chi connectivity index (χ2v) is 4.48. The van der Waals surface area contributed by atoms with Crippen molar-refractivity contribution in [3.05, 3.63) is 47.0 Å². The lowest BCUT2D eigenvalue weighted by Crippen LogP contribution is -2.20. The number of halogens is 5. The van der Waals surface area contributed by atoms with E-state index in [4.69, 9.17) is 11.6 Å². The van der Waals surface area contributed by atoms with Crippen LogP contribution in [0.15, 0.2) is 30.5 Å². The van der Waals surface area contributed by atoms with Gasteiger partial charge in [0, 0.05) is 6.20 Å². The first-order valence-corrected chi connectivity index (χ1v) is 5.99. The van der Waals surface area contributed by atoms with Crippen LogP contribution in [0.5, 0.6) is 0 Å². The lowest BCUT2D eigenvalue weighted by molar-refractivity contribution is -0.141. The molecule has 1 N–H and O–H groups in total. The van der Waals surface area contributed by atoms with Crippen LogP contribution in [-0.4, -0.2) is 15.7 Å². The molecule has 21 heavy (non-hydrogen) atoms. The SMILES string of the molecule is O=C(Cn1ccc(C(F)(F)F)n1)Nc1ccc(F)cc1Cl. The summed E-state index contributed by atoms with van der Waals surface area (Å²) >= 11 is 5.71. The summed E-state index contributed by atoms with van der Waals surface area (Å²) in [5, 5.41) is 5.58. The molecule has 0 saturated carbocycles. The fourth-order valence-electron chi connectivity index (χ4n) is 1.53. The second-order valence-electron chi connectivity index (χ2n) is 4.07. The van der Waals surface area contributed by atoms with E-state index in [1.165, 1.54) is 6.07 Å². The molecule has 112 valence electrons. The highest BCUT2D eigenvalue weighted by atomic mass is 35.5. The highest BCUT2D eigenvalue weighted by molar-refractivity contribution is 6.33. The molecule has 0 aliphatic rings. The van der Waals surface area contributed by atoms with Crippen LogP contribution >= 0.6 is 11.6 Å². The Bertz CT molecular complexity index is 669. The van der Waals surface area contributed by atoms with E-state index in [1.54, 1.807) is 0 Å². The summed E-state index contributed by atoms with van der Waals surface area (Å²) in [7, 11) is 0. The van der Waals surface area contributed by atoms with Crippen molar-refractivity contribution >= 4 is 23.2 Å². The number of carbonyl (C=O) groups excluding carboxylic acids is 1. The minimum Gasteiger partial charge on any atom is -0.323 e. The summed E-state index contributed by atoms with van der Waals surface area (Å²) in [6.07, 6.45) is -3.53. The van der Waals surface area contributed by atoms with E-state index in [0.29, 0.717) is 0 Å². The Hall–Kier alpha value is -2.09. The molecular weight excluding hydrogens is 314 g/mol. The highest BCUT2D eigenvalue weighted by Gasteiger charge is 2.33. The third kappa shape index (κ3) is 3.94. The second kappa shape index (κ2) is 5.72. The van der Waals surface area contributed by atoms with E-state index < -0.39 is 30.1 Å². The Labute approximate surface area is 121 Å². The summed E-state index contributed by atoms with van der Waals surface area (Å²) in [5.41, 5.74) is -0.929. The van der Waals surface area contributed by atoms with Crippen LogP contribution in [0.25, 0.3) is 0 Å². The Morgan fingerprint density at radius 2 is 2.05 bits per heavy atom. The van der Waals surface area contributed by atoms with Gasteiger partial charge in [0.15, 0.2) is 5.69 Å². The standard InChI is InChI=1S/C12H8ClF4N3O/c13-8-5-7(14)1-2-9(8)18-11(21)6-20-4-3-10(19-20)12(15,16)17/h1-5H,6H2,(H,18,21). The molecule has 2 rings (SSSR count). The number of amides is 1. The van der Waals surface area contributed by atoms with Crippen LogP contribution in [-0.2, 0) is 17.5 Å². The Morgan fingerprint density at radius 3 is 2.62 bits per heavy atom. The quantitative estimate of drug-likeness (QED) is 0.881. The van der Waals surface area contributed by atoms with E-state index in [2.05, 4.69) is 10.4 Å². The van der Waals surface area contributed by atoms with Crippen LogP contribution in [0.1, 0.15) is 5.69 Å². The molecule has 2 aromatic rings. The molecule has 0 aliphatic carbocycles. The van der Waals surface area contributed by atoms with Crippen molar-refractivity contribution in [3.63, 3.8) is 0 Å². The van der Waals surface area contributed by atoms with Gasteiger partial charge in [0.2, 0.25) is 5.91 Å². The largest absolute Gasteiger partial charge is 0.435 e. The fourth-order valence-corrected chi connectivity index (χ4v) is 1.74. The van der Waals surface area contributed by atoms with E-state index in [-0.39, 0.29) is 10.7 Å². The average Bonchev–Trinajstić information content (AvgIpc) is 2.81. The number of alkyl halides is 3. The van der Waals surface area contributed by atoms with E-state index >= 15 is 0 Å². The number of carbonyl (C=O) groups is 1. The molecule has 1 aromatic carbocycles. The highest BCUT2D eigenvalue weighted by Crippen LogP contribution is 2.27. The maximum atomic E-state index is 12.8. The molecule has 0 radical (unpaired) electrons. The molecule has 9 heteroatoms. The van der Waals surface area contributed by atoms with Gasteiger partial charge >= 0.3 is 6.18 Å². The van der Waals surface area contributed by atoms with Crippen LogP contribution in [0, 0.1) is 5.82 Å². The molecule has 0 unspecified atom stereocenters. The van der Waals surface area contributed by atoms with Gasteiger partial charge in [0.25, 0.3) is 0 Å². The minimum atomic E-state index is -4.57. The smallest absolute Gasteiger partial charge is 0.323 e. The van der Waals surface area contributed by atoms with Crippen molar-refractivity contribution in [2.75, 3.05) is 5.32 Å². The Morgan fingerprint density at radius 1 is 1.33 bits per heavy atom. The molecular formula is C12H8ClF4N3O. The predicted octanol–water partition coefficient (Wildman–Crippen LogP) is 3.33. The van der Waals surface area contributed by atoms with Gasteiger partial charge < -0.3 is 5.32 Å². The molecule has 1 amide bonds. The summed E-state index contributed by atoms with van der Waals surface area (Å²) in [4.78, 5) is 11.7. The first-order chi connectivity index (χ1) is 9.75. The number of anilines is 1. The van der Waals surface area contributed by atoms with Gasteiger partial charge in [-0.05, 0) is 24.3 Å². The van der Waals surface area contributed by atoms with Gasteiger partial charge in [0.1, 0.15) is 12.4 Å². The summed E-state index contributed by atoms with van der Waals surface area (Å²) in [5.74, 6) is -1.21. The molecule has 0 aliphatic heterocycles. The Balaban J connectivity index is 2.03. The zero-order valence-electron chi connectivity index (χ0n) is 10.3. The maximum Gasteiger partial charge on any atom is 0.435 e. The fraction of sp³-hybridized carbons (Fsp3) is 0.167. The van der Waals surface area contributed by atoms with Gasteiger partial charge in [-0.1, -0.05) is 11.6 Å². The number of nitrogens with zero attached hydrogens (tertiary/aromatic N) is 2.